The van der Waals surface area contributed by atoms with E-state index in [1.165, 1.54) is 24.3 Å². The molecule has 74 valence electrons. The maximum Gasteiger partial charge on any atom is 0.335 e. The number of carbonyl (C=O) groups is 2. The van der Waals surface area contributed by atoms with Crippen LogP contribution in [0, 0.1) is 0 Å². The van der Waals surface area contributed by atoms with E-state index < -0.39 is 5.97 Å². The molecule has 1 aliphatic rings. The summed E-state index contributed by atoms with van der Waals surface area (Å²) in [6.07, 6.45) is 1.54. The van der Waals surface area contributed by atoms with Crippen molar-refractivity contribution in [2.45, 2.75) is 0 Å². The van der Waals surface area contributed by atoms with Crippen molar-refractivity contribution in [2.75, 3.05) is 0 Å². The van der Waals surface area contributed by atoms with E-state index in [9.17, 15) is 9.59 Å². The molecule has 1 amide bonds. The zero-order valence-electron chi connectivity index (χ0n) is 7.73. The normalized spacial score (nSPS) is 13.9. The van der Waals surface area contributed by atoms with Crippen molar-refractivity contribution in [3.05, 3.63) is 46.5 Å². The highest BCUT2D eigenvalue weighted by molar-refractivity contribution is 6.02. The number of amides is 1. The Morgan fingerprint density at radius 2 is 2.13 bits per heavy atom. The largest absolute Gasteiger partial charge is 0.478 e. The van der Waals surface area contributed by atoms with Gasteiger partial charge in [-0.25, -0.2) is 9.79 Å². The summed E-state index contributed by atoms with van der Waals surface area (Å²) in [5.74, 6) is -1.39. The first-order chi connectivity index (χ1) is 7.08. The number of hydrogen-bond donors (Lipinski definition) is 1. The minimum atomic E-state index is -1.01. The second kappa shape index (κ2) is 3.16. The number of rotatable bonds is 1. The molecule has 0 fully saturated rings. The molecule has 1 aliphatic heterocycles. The fourth-order valence-corrected chi connectivity index (χ4v) is 1.34. The highest BCUT2D eigenvalue weighted by Crippen LogP contribution is 1.99. The third kappa shape index (κ3) is 1.57. The van der Waals surface area contributed by atoms with Crippen molar-refractivity contribution in [3.63, 3.8) is 0 Å². The zero-order valence-corrected chi connectivity index (χ0v) is 7.73. The average Bonchev–Trinajstić information content (AvgIpc) is 2.19. The van der Waals surface area contributed by atoms with Crippen LogP contribution >= 0.6 is 0 Å². The summed E-state index contributed by atoms with van der Waals surface area (Å²) >= 11 is 0. The number of hydrogen-bond acceptors (Lipinski definition) is 2. The molecule has 0 aromatic heterocycles. The summed E-state index contributed by atoms with van der Waals surface area (Å²) in [6.45, 7) is 3.52. The van der Waals surface area contributed by atoms with Gasteiger partial charge < -0.3 is 5.11 Å². The lowest BCUT2D eigenvalue weighted by atomic mass is 10.1. The van der Waals surface area contributed by atoms with Crippen LogP contribution in [0.4, 0.5) is 0 Å². The van der Waals surface area contributed by atoms with Crippen LogP contribution in [0.5, 0.6) is 0 Å². The Kier molecular flexibility index (Phi) is 1.97. The van der Waals surface area contributed by atoms with E-state index in [-0.39, 0.29) is 17.0 Å². The summed E-state index contributed by atoms with van der Waals surface area (Å²) in [7, 11) is 0. The molecular weight excluding hydrogens is 194 g/mol. The third-order valence-corrected chi connectivity index (χ3v) is 2.10. The molecule has 1 aromatic rings. The number of nitrogens with zero attached hydrogens (tertiary/aromatic N) is 1. The Balaban J connectivity index is 2.75. The van der Waals surface area contributed by atoms with Gasteiger partial charge >= 0.3 is 5.97 Å². The highest BCUT2D eigenvalue weighted by Gasteiger charge is 2.09. The number of fused-ring (bicyclic) bond motifs is 1. The van der Waals surface area contributed by atoms with Crippen molar-refractivity contribution in [2.24, 2.45) is 4.99 Å². The zero-order chi connectivity index (χ0) is 11.0. The minimum Gasteiger partial charge on any atom is -0.478 e. The molecule has 0 radical (unpaired) electrons. The van der Waals surface area contributed by atoms with E-state index in [0.29, 0.717) is 10.6 Å². The standard InChI is InChI=1S/C11H7NO3/c1-6-4-8-5-7(11(14)15)2-3-9(8)12-10(6)13/h2-5H,1H2,(H,14,15). The van der Waals surface area contributed by atoms with Crippen LogP contribution in [-0.4, -0.2) is 17.0 Å². The first kappa shape index (κ1) is 9.33. The van der Waals surface area contributed by atoms with Crippen LogP contribution in [0.3, 0.4) is 0 Å². The smallest absolute Gasteiger partial charge is 0.335 e. The summed E-state index contributed by atoms with van der Waals surface area (Å²) in [4.78, 5) is 25.6. The SMILES string of the molecule is C=C1C=c2cc(C(=O)O)ccc2=NC1=O. The first-order valence-electron chi connectivity index (χ1n) is 4.25. The lowest BCUT2D eigenvalue weighted by Gasteiger charge is -2.01. The minimum absolute atomic E-state index is 0.169. The summed E-state index contributed by atoms with van der Waals surface area (Å²) < 4.78 is 0. The van der Waals surface area contributed by atoms with E-state index in [1.54, 1.807) is 0 Å². The van der Waals surface area contributed by atoms with Gasteiger partial charge in [-0.05, 0) is 24.3 Å². The quantitative estimate of drug-likeness (QED) is 0.644. The molecule has 15 heavy (non-hydrogen) atoms. The molecule has 4 nitrogen and oxygen atoms in total. The van der Waals surface area contributed by atoms with Crippen molar-refractivity contribution in [1.29, 1.82) is 0 Å². The van der Waals surface area contributed by atoms with E-state index >= 15 is 0 Å². The Morgan fingerprint density at radius 1 is 1.40 bits per heavy atom. The van der Waals surface area contributed by atoms with Crippen LogP contribution in [0.1, 0.15) is 10.4 Å². The molecule has 0 spiro atoms. The van der Waals surface area contributed by atoms with Crippen LogP contribution in [-0.2, 0) is 4.79 Å². The van der Waals surface area contributed by atoms with Crippen molar-refractivity contribution >= 4 is 18.0 Å². The third-order valence-electron chi connectivity index (χ3n) is 2.10. The second-order valence-corrected chi connectivity index (χ2v) is 3.17. The van der Waals surface area contributed by atoms with Crippen molar-refractivity contribution < 1.29 is 14.7 Å². The number of carboxylic acid groups (broad SMARTS) is 1. The van der Waals surface area contributed by atoms with Gasteiger partial charge in [0.1, 0.15) is 0 Å². The maximum atomic E-state index is 11.2. The number of aromatic carboxylic acids is 1. The fraction of sp³-hybridized carbons (Fsp3) is 0. The molecule has 2 rings (SSSR count). The van der Waals surface area contributed by atoms with Crippen LogP contribution < -0.4 is 10.6 Å². The predicted octanol–water partition coefficient (Wildman–Crippen LogP) is -0.119. The molecular formula is C11H7NO3. The van der Waals surface area contributed by atoms with Gasteiger partial charge in [0.2, 0.25) is 0 Å². The molecule has 0 bridgehead atoms. The summed E-state index contributed by atoms with van der Waals surface area (Å²) in [6, 6.07) is 4.40. The molecule has 1 heterocycles. The summed E-state index contributed by atoms with van der Waals surface area (Å²) in [5, 5.41) is 9.86. The molecule has 0 atom stereocenters. The Hall–Kier alpha value is -2.23. The van der Waals surface area contributed by atoms with Crippen molar-refractivity contribution in [1.82, 2.24) is 0 Å². The van der Waals surface area contributed by atoms with Gasteiger partial charge in [-0.15, -0.1) is 0 Å². The molecule has 1 aromatic carbocycles. The van der Waals surface area contributed by atoms with Gasteiger partial charge in [-0.1, -0.05) is 6.58 Å². The van der Waals surface area contributed by atoms with Gasteiger partial charge in [0.25, 0.3) is 5.91 Å². The van der Waals surface area contributed by atoms with Crippen molar-refractivity contribution in [3.8, 4) is 0 Å². The number of benzene rings is 1. The van der Waals surface area contributed by atoms with Crippen LogP contribution in [0.2, 0.25) is 0 Å². The van der Waals surface area contributed by atoms with Crippen LogP contribution in [0.15, 0.2) is 35.3 Å². The number of carboxylic acids is 1. The average molecular weight is 201 g/mol. The molecule has 0 saturated heterocycles. The number of carbonyl (C=O) groups excluding carboxylic acids is 1. The van der Waals surface area contributed by atoms with Gasteiger partial charge in [0.05, 0.1) is 10.9 Å². The lowest BCUT2D eigenvalue weighted by Crippen LogP contribution is -2.31. The van der Waals surface area contributed by atoms with Crippen LogP contribution in [0.25, 0.3) is 6.08 Å². The lowest BCUT2D eigenvalue weighted by molar-refractivity contribution is -0.114. The fourth-order valence-electron chi connectivity index (χ4n) is 1.34. The maximum absolute atomic E-state index is 11.2. The first-order valence-corrected chi connectivity index (χ1v) is 4.25. The van der Waals surface area contributed by atoms with Gasteiger partial charge in [-0.3, -0.25) is 4.79 Å². The molecule has 0 aliphatic carbocycles. The van der Waals surface area contributed by atoms with E-state index in [2.05, 4.69) is 11.6 Å². The summed E-state index contributed by atoms with van der Waals surface area (Å²) in [5.41, 5.74) is 0.437. The van der Waals surface area contributed by atoms with E-state index in [1.807, 2.05) is 0 Å². The Morgan fingerprint density at radius 3 is 2.80 bits per heavy atom. The molecule has 4 heteroatoms. The Bertz CT molecular complexity index is 599. The molecule has 0 saturated carbocycles. The van der Waals surface area contributed by atoms with Gasteiger partial charge in [0.15, 0.2) is 0 Å². The second-order valence-electron chi connectivity index (χ2n) is 3.17. The highest BCUT2D eigenvalue weighted by atomic mass is 16.4. The van der Waals surface area contributed by atoms with Gasteiger partial charge in [0, 0.05) is 10.8 Å². The van der Waals surface area contributed by atoms with Gasteiger partial charge in [-0.2, -0.15) is 0 Å². The van der Waals surface area contributed by atoms with E-state index in [0.717, 1.165) is 0 Å². The van der Waals surface area contributed by atoms with E-state index in [4.69, 9.17) is 5.11 Å². The molecule has 0 unspecified atom stereocenters. The topological polar surface area (TPSA) is 66.7 Å². The molecule has 1 N–H and O–H groups in total. The Labute approximate surface area is 84.9 Å². The monoisotopic (exact) mass is 201 g/mol. The predicted molar refractivity (Wildman–Crippen MR) is 52.8 cm³/mol.